The highest BCUT2D eigenvalue weighted by molar-refractivity contribution is 6.33. The molecule has 1 fully saturated rings. The second kappa shape index (κ2) is 7.97. The van der Waals surface area contributed by atoms with Gasteiger partial charge in [-0.3, -0.25) is 4.40 Å². The fraction of sp³-hybridized carbons (Fsp3) is 0.200. The van der Waals surface area contributed by atoms with E-state index in [0.29, 0.717) is 10.7 Å². The minimum Gasteiger partial charge on any atom is -0.437 e. The van der Waals surface area contributed by atoms with E-state index in [9.17, 15) is 4.79 Å². The van der Waals surface area contributed by atoms with Crippen LogP contribution in [0.1, 0.15) is 24.8 Å². The normalized spacial score (nSPS) is 14.7. The SMILES string of the molecule is COC(=O)Oc1cc(Cl)c2nc(-c3ccc(C4(N)CCC4)cc3)c(-c3ccccc3)n2c1. The fourth-order valence-corrected chi connectivity index (χ4v) is 4.39. The van der Waals surface area contributed by atoms with E-state index >= 15 is 0 Å². The molecule has 0 radical (unpaired) electrons. The molecular formula is C25H22ClN3O3. The van der Waals surface area contributed by atoms with Crippen molar-refractivity contribution in [3.8, 4) is 28.3 Å². The Bertz CT molecular complexity index is 1300. The number of hydrogen-bond donors (Lipinski definition) is 1. The number of benzene rings is 2. The van der Waals surface area contributed by atoms with E-state index in [1.165, 1.54) is 7.11 Å². The van der Waals surface area contributed by atoms with E-state index in [4.69, 9.17) is 27.1 Å². The van der Waals surface area contributed by atoms with Crippen molar-refractivity contribution < 1.29 is 14.3 Å². The second-order valence-corrected chi connectivity index (χ2v) is 8.44. The molecule has 6 nitrogen and oxygen atoms in total. The van der Waals surface area contributed by atoms with Gasteiger partial charge in [0.2, 0.25) is 0 Å². The monoisotopic (exact) mass is 447 g/mol. The Morgan fingerprint density at radius 3 is 2.44 bits per heavy atom. The molecule has 0 unspecified atom stereocenters. The van der Waals surface area contributed by atoms with Crippen LogP contribution in [0.5, 0.6) is 5.75 Å². The van der Waals surface area contributed by atoms with E-state index < -0.39 is 6.16 Å². The number of nitrogens with two attached hydrogens (primary N) is 1. The average Bonchev–Trinajstić information content (AvgIpc) is 3.18. The van der Waals surface area contributed by atoms with Gasteiger partial charge in [0.15, 0.2) is 11.4 Å². The lowest BCUT2D eigenvalue weighted by atomic mass is 9.72. The molecule has 32 heavy (non-hydrogen) atoms. The van der Waals surface area contributed by atoms with Gasteiger partial charge < -0.3 is 15.2 Å². The van der Waals surface area contributed by atoms with Crippen LogP contribution in [0, 0.1) is 0 Å². The van der Waals surface area contributed by atoms with Crippen molar-refractivity contribution in [1.82, 2.24) is 9.38 Å². The maximum Gasteiger partial charge on any atom is 0.513 e. The molecule has 5 rings (SSSR count). The third-order valence-electron chi connectivity index (χ3n) is 6.04. The molecule has 4 aromatic rings. The zero-order valence-electron chi connectivity index (χ0n) is 17.5. The third-order valence-corrected chi connectivity index (χ3v) is 6.32. The van der Waals surface area contributed by atoms with Gasteiger partial charge in [-0.1, -0.05) is 66.2 Å². The topological polar surface area (TPSA) is 78.8 Å². The lowest BCUT2D eigenvalue weighted by molar-refractivity contribution is 0.121. The Morgan fingerprint density at radius 2 is 1.81 bits per heavy atom. The Hall–Kier alpha value is -3.35. The number of carbonyl (C=O) groups excluding carboxylic acids is 1. The summed E-state index contributed by atoms with van der Waals surface area (Å²) < 4.78 is 11.7. The predicted molar refractivity (Wildman–Crippen MR) is 124 cm³/mol. The van der Waals surface area contributed by atoms with Crippen molar-refractivity contribution in [2.24, 2.45) is 5.73 Å². The Morgan fingerprint density at radius 1 is 1.09 bits per heavy atom. The van der Waals surface area contributed by atoms with Gasteiger partial charge in [0.05, 0.1) is 29.7 Å². The molecule has 2 heterocycles. The van der Waals surface area contributed by atoms with E-state index in [2.05, 4.69) is 29.0 Å². The van der Waals surface area contributed by atoms with Crippen LogP contribution in [0.4, 0.5) is 4.79 Å². The van der Waals surface area contributed by atoms with Gasteiger partial charge in [0, 0.05) is 22.7 Å². The smallest absolute Gasteiger partial charge is 0.437 e. The lowest BCUT2D eigenvalue weighted by Crippen LogP contribution is -2.43. The molecule has 0 amide bonds. The van der Waals surface area contributed by atoms with Crippen LogP contribution < -0.4 is 10.5 Å². The first-order valence-corrected chi connectivity index (χ1v) is 10.8. The van der Waals surface area contributed by atoms with Gasteiger partial charge >= 0.3 is 6.16 Å². The summed E-state index contributed by atoms with van der Waals surface area (Å²) in [5.74, 6) is 0.265. The number of nitrogens with zero attached hydrogens (tertiary/aromatic N) is 2. The molecule has 162 valence electrons. The number of rotatable bonds is 4. The molecule has 0 aliphatic heterocycles. The molecule has 2 aromatic carbocycles. The molecule has 2 aromatic heterocycles. The minimum atomic E-state index is -0.815. The molecule has 0 atom stereocenters. The van der Waals surface area contributed by atoms with Gasteiger partial charge in [-0.25, -0.2) is 9.78 Å². The van der Waals surface area contributed by atoms with Crippen LogP contribution in [0.3, 0.4) is 0 Å². The van der Waals surface area contributed by atoms with Crippen LogP contribution in [0.15, 0.2) is 66.9 Å². The molecule has 0 spiro atoms. The van der Waals surface area contributed by atoms with E-state index in [-0.39, 0.29) is 11.3 Å². The van der Waals surface area contributed by atoms with Crippen molar-refractivity contribution in [3.63, 3.8) is 0 Å². The summed E-state index contributed by atoms with van der Waals surface area (Å²) in [6, 6.07) is 19.7. The summed E-state index contributed by atoms with van der Waals surface area (Å²) in [5.41, 5.74) is 11.5. The average molecular weight is 448 g/mol. The molecule has 2 N–H and O–H groups in total. The lowest BCUT2D eigenvalue weighted by Gasteiger charge is -2.38. The molecule has 0 saturated heterocycles. The van der Waals surface area contributed by atoms with Crippen LogP contribution in [0.25, 0.3) is 28.2 Å². The summed E-state index contributed by atoms with van der Waals surface area (Å²) in [6.07, 6.45) is 4.05. The largest absolute Gasteiger partial charge is 0.513 e. The summed E-state index contributed by atoms with van der Waals surface area (Å²) in [7, 11) is 1.26. The predicted octanol–water partition coefficient (Wildman–Crippen LogP) is 5.80. The quantitative estimate of drug-likeness (QED) is 0.399. The number of fused-ring (bicyclic) bond motifs is 1. The number of aromatic nitrogens is 2. The van der Waals surface area contributed by atoms with Crippen LogP contribution in [-0.2, 0) is 10.3 Å². The maximum absolute atomic E-state index is 11.6. The van der Waals surface area contributed by atoms with Crippen molar-refractivity contribution in [3.05, 3.63) is 77.4 Å². The van der Waals surface area contributed by atoms with Gasteiger partial charge in [0.1, 0.15) is 0 Å². The number of hydrogen-bond acceptors (Lipinski definition) is 5. The first-order valence-electron chi connectivity index (χ1n) is 10.4. The summed E-state index contributed by atoms with van der Waals surface area (Å²) in [6.45, 7) is 0. The van der Waals surface area contributed by atoms with E-state index in [1.807, 2.05) is 34.7 Å². The van der Waals surface area contributed by atoms with Crippen molar-refractivity contribution >= 4 is 23.4 Å². The van der Waals surface area contributed by atoms with Gasteiger partial charge in [-0.15, -0.1) is 0 Å². The number of pyridine rings is 1. The number of imidazole rings is 1. The zero-order chi connectivity index (χ0) is 22.3. The Balaban J connectivity index is 1.68. The number of methoxy groups -OCH3 is 1. The van der Waals surface area contributed by atoms with Gasteiger partial charge in [-0.2, -0.15) is 0 Å². The molecule has 1 aliphatic carbocycles. The number of carbonyl (C=O) groups is 1. The molecule has 7 heteroatoms. The first kappa shape index (κ1) is 20.5. The number of halogens is 1. The Kier molecular flexibility index (Phi) is 5.12. The summed E-state index contributed by atoms with van der Waals surface area (Å²) >= 11 is 6.53. The zero-order valence-corrected chi connectivity index (χ0v) is 18.3. The van der Waals surface area contributed by atoms with Crippen molar-refractivity contribution in [1.29, 1.82) is 0 Å². The molecular weight excluding hydrogens is 426 g/mol. The second-order valence-electron chi connectivity index (χ2n) is 8.04. The molecule has 0 bridgehead atoms. The standard InChI is InChI=1S/C25H22ClN3O3/c1-31-24(30)32-19-14-20(26)23-28-21(22(29(23)15-19)17-6-3-2-4-7-17)16-8-10-18(11-9-16)25(27)12-5-13-25/h2-4,6-11,14-15H,5,12-13,27H2,1H3. The Labute approximate surface area is 190 Å². The highest BCUT2D eigenvalue weighted by Gasteiger charge is 2.34. The third kappa shape index (κ3) is 3.51. The first-order chi connectivity index (χ1) is 15.5. The summed E-state index contributed by atoms with van der Waals surface area (Å²) in [5, 5.41) is 0.363. The number of ether oxygens (including phenoxy) is 2. The van der Waals surface area contributed by atoms with E-state index in [0.717, 1.165) is 47.3 Å². The van der Waals surface area contributed by atoms with E-state index in [1.54, 1.807) is 12.3 Å². The van der Waals surface area contributed by atoms with Crippen molar-refractivity contribution in [2.45, 2.75) is 24.8 Å². The maximum atomic E-state index is 11.6. The van der Waals surface area contributed by atoms with Gasteiger partial charge in [-0.05, 0) is 24.8 Å². The molecule has 1 aliphatic rings. The van der Waals surface area contributed by atoms with Crippen LogP contribution >= 0.6 is 11.6 Å². The van der Waals surface area contributed by atoms with Crippen molar-refractivity contribution in [2.75, 3.05) is 7.11 Å². The molecule has 1 saturated carbocycles. The van der Waals surface area contributed by atoms with Gasteiger partial charge in [0.25, 0.3) is 0 Å². The van der Waals surface area contributed by atoms with Crippen LogP contribution in [0.2, 0.25) is 5.02 Å². The summed E-state index contributed by atoms with van der Waals surface area (Å²) in [4.78, 5) is 16.5. The van der Waals surface area contributed by atoms with Crippen LogP contribution in [-0.4, -0.2) is 22.6 Å². The highest BCUT2D eigenvalue weighted by atomic mass is 35.5. The fourth-order valence-electron chi connectivity index (χ4n) is 4.15. The highest BCUT2D eigenvalue weighted by Crippen LogP contribution is 2.40. The minimum absolute atomic E-state index is 0.219.